The van der Waals surface area contributed by atoms with E-state index < -0.39 is 21.5 Å². The highest BCUT2D eigenvalue weighted by Gasteiger charge is 2.52. The van der Waals surface area contributed by atoms with E-state index in [1.165, 1.54) is 0 Å². The minimum absolute atomic E-state index is 0.151. The Bertz CT molecular complexity index is 261. The van der Waals surface area contributed by atoms with E-state index in [9.17, 15) is 32.5 Å². The van der Waals surface area contributed by atoms with Crippen molar-refractivity contribution in [3.8, 4) is 0 Å². The molecular formula is C6H6Cl3F4NO3. The number of hydrogen-bond acceptors (Lipinski definition) is 3. The lowest BCUT2D eigenvalue weighted by Gasteiger charge is -2.09. The number of nitrogens with zero attached hydrogens (tertiary/aromatic N) is 1. The second kappa shape index (κ2) is 7.17. The van der Waals surface area contributed by atoms with Crippen molar-refractivity contribution in [2.75, 3.05) is 6.54 Å². The molecule has 0 aromatic rings. The van der Waals surface area contributed by atoms with Crippen molar-refractivity contribution in [1.29, 1.82) is 0 Å². The van der Waals surface area contributed by atoms with Gasteiger partial charge in [-0.2, -0.15) is 17.6 Å². The van der Waals surface area contributed by atoms with Crippen molar-refractivity contribution in [2.24, 2.45) is 0 Å². The standard InChI is InChI=1S/C3Cl2F4O.C3H6ClNO2/c4-2(5,6)1(10)3(7,8)9;1-3(4)2-5(6)7/h;3H,2H2,1H3. The van der Waals surface area contributed by atoms with Crippen LogP contribution in [0.4, 0.5) is 17.6 Å². The van der Waals surface area contributed by atoms with Crippen LogP contribution < -0.4 is 0 Å². The molecule has 0 fully saturated rings. The van der Waals surface area contributed by atoms with Crippen LogP contribution in [0, 0.1) is 10.1 Å². The Morgan fingerprint density at radius 1 is 1.35 bits per heavy atom. The van der Waals surface area contributed by atoms with Gasteiger partial charge in [-0.25, -0.2) is 0 Å². The Kier molecular flexibility index (Phi) is 8.02. The van der Waals surface area contributed by atoms with Crippen molar-refractivity contribution < 1.29 is 27.3 Å². The van der Waals surface area contributed by atoms with E-state index in [1.54, 1.807) is 6.92 Å². The third-order valence-electron chi connectivity index (χ3n) is 0.916. The lowest BCUT2D eigenvalue weighted by Crippen LogP contribution is -2.34. The van der Waals surface area contributed by atoms with Crippen LogP contribution in [0.3, 0.4) is 0 Å². The summed E-state index contributed by atoms with van der Waals surface area (Å²) in [5.41, 5.74) is 0. The first kappa shape index (κ1) is 19.0. The summed E-state index contributed by atoms with van der Waals surface area (Å²) in [5, 5.41) is 9.18. The van der Waals surface area contributed by atoms with Crippen LogP contribution in [0.15, 0.2) is 0 Å². The van der Waals surface area contributed by atoms with Gasteiger partial charge in [0.15, 0.2) is 0 Å². The molecule has 0 aliphatic carbocycles. The molecule has 0 aromatic heterocycles. The molecule has 0 amide bonds. The van der Waals surface area contributed by atoms with Gasteiger partial charge in [0.25, 0.3) is 0 Å². The van der Waals surface area contributed by atoms with E-state index in [1.807, 2.05) is 0 Å². The summed E-state index contributed by atoms with van der Waals surface area (Å²) < 4.78 is 41.4. The number of alkyl halides is 7. The minimum atomic E-state index is -5.34. The van der Waals surface area contributed by atoms with E-state index in [0.29, 0.717) is 0 Å². The zero-order valence-corrected chi connectivity index (χ0v) is 10.4. The molecule has 0 aliphatic rings. The number of carbonyl (C=O) groups excluding carboxylic acids is 1. The van der Waals surface area contributed by atoms with Crippen LogP contribution in [0.1, 0.15) is 6.92 Å². The fourth-order valence-electron chi connectivity index (χ4n) is 0.366. The molecule has 17 heavy (non-hydrogen) atoms. The maximum absolute atomic E-state index is 11.7. The molecule has 0 aliphatic heterocycles. The first-order valence-corrected chi connectivity index (χ1v) is 4.92. The number of Topliss-reactive ketones (excluding diaryl/α,β-unsaturated/α-hetero) is 1. The van der Waals surface area contributed by atoms with Crippen molar-refractivity contribution in [3.63, 3.8) is 0 Å². The molecule has 1 unspecified atom stereocenters. The molecule has 0 rings (SSSR count). The highest BCUT2D eigenvalue weighted by molar-refractivity contribution is 6.57. The molecule has 0 saturated carbocycles. The Morgan fingerprint density at radius 2 is 1.71 bits per heavy atom. The van der Waals surface area contributed by atoms with E-state index in [2.05, 4.69) is 23.2 Å². The number of carbonyl (C=O) groups is 1. The molecule has 0 saturated heterocycles. The first-order valence-electron chi connectivity index (χ1n) is 3.72. The van der Waals surface area contributed by atoms with Gasteiger partial charge in [0.2, 0.25) is 6.54 Å². The SMILES string of the molecule is CC(Cl)C[N+](=O)[O-].O=C(C(F)(F)F)C(F)(Cl)Cl. The molecule has 4 nitrogen and oxygen atoms in total. The molecule has 0 spiro atoms. The highest BCUT2D eigenvalue weighted by Crippen LogP contribution is 2.32. The van der Waals surface area contributed by atoms with Crippen LogP contribution in [0.25, 0.3) is 0 Å². The van der Waals surface area contributed by atoms with Crippen molar-refractivity contribution in [3.05, 3.63) is 10.1 Å². The number of halogens is 7. The lowest BCUT2D eigenvalue weighted by atomic mass is 10.4. The monoisotopic (exact) mass is 321 g/mol. The van der Waals surface area contributed by atoms with Gasteiger partial charge in [-0.15, -0.1) is 11.6 Å². The predicted octanol–water partition coefficient (Wildman–Crippen LogP) is 3.11. The Morgan fingerprint density at radius 3 is 1.71 bits per heavy atom. The number of hydrogen-bond donors (Lipinski definition) is 0. The summed E-state index contributed by atoms with van der Waals surface area (Å²) in [5.74, 6) is -2.82. The second-order valence-corrected chi connectivity index (χ2v) is 4.60. The molecule has 0 N–H and O–H groups in total. The quantitative estimate of drug-likeness (QED) is 0.347. The van der Waals surface area contributed by atoms with Gasteiger partial charge >= 0.3 is 16.5 Å². The Labute approximate surface area is 108 Å². The van der Waals surface area contributed by atoms with Gasteiger partial charge < -0.3 is 0 Å². The summed E-state index contributed by atoms with van der Waals surface area (Å²) in [4.78, 5) is 18.8. The molecular weight excluding hydrogens is 316 g/mol. The zero-order valence-electron chi connectivity index (χ0n) is 8.10. The average molecular weight is 322 g/mol. The van der Waals surface area contributed by atoms with Gasteiger partial charge in [-0.05, 0) is 6.92 Å². The van der Waals surface area contributed by atoms with Crippen LogP contribution in [-0.4, -0.2) is 33.4 Å². The molecule has 0 aromatic carbocycles. The largest absolute Gasteiger partial charge is 0.456 e. The van der Waals surface area contributed by atoms with Crippen molar-refractivity contribution >= 4 is 40.6 Å². The summed E-state index contributed by atoms with van der Waals surface area (Å²) >= 11 is 13.6. The number of rotatable bonds is 3. The van der Waals surface area contributed by atoms with E-state index >= 15 is 0 Å². The minimum Gasteiger partial charge on any atom is -0.283 e. The van der Waals surface area contributed by atoms with E-state index in [4.69, 9.17) is 11.6 Å². The van der Waals surface area contributed by atoms with E-state index in [0.717, 1.165) is 0 Å². The van der Waals surface area contributed by atoms with Gasteiger partial charge in [-0.1, -0.05) is 23.2 Å². The number of nitro groups is 1. The summed E-state index contributed by atoms with van der Waals surface area (Å²) in [6.07, 6.45) is -5.34. The van der Waals surface area contributed by atoms with Gasteiger partial charge in [0, 0.05) is 4.92 Å². The van der Waals surface area contributed by atoms with Gasteiger partial charge in [0.05, 0.1) is 5.38 Å². The van der Waals surface area contributed by atoms with Crippen molar-refractivity contribution in [2.45, 2.75) is 23.1 Å². The average Bonchev–Trinajstić information content (AvgIpc) is 1.97. The Hall–Kier alpha value is -0.340. The zero-order chi connectivity index (χ0) is 14.4. The van der Waals surface area contributed by atoms with Crippen molar-refractivity contribution in [1.82, 2.24) is 0 Å². The first-order chi connectivity index (χ1) is 7.28. The maximum Gasteiger partial charge on any atom is 0.456 e. The third-order valence-corrected chi connectivity index (χ3v) is 1.40. The highest BCUT2D eigenvalue weighted by atomic mass is 35.5. The predicted molar refractivity (Wildman–Crippen MR) is 53.8 cm³/mol. The van der Waals surface area contributed by atoms with Gasteiger partial charge in [0.1, 0.15) is 0 Å². The second-order valence-electron chi connectivity index (χ2n) is 2.62. The van der Waals surface area contributed by atoms with Gasteiger partial charge in [-0.3, -0.25) is 14.9 Å². The fourth-order valence-corrected chi connectivity index (χ4v) is 0.693. The Balaban J connectivity index is 0. The third kappa shape index (κ3) is 11.9. The van der Waals surface area contributed by atoms with Crippen LogP contribution in [-0.2, 0) is 4.79 Å². The molecule has 0 heterocycles. The topological polar surface area (TPSA) is 60.2 Å². The summed E-state index contributed by atoms with van der Waals surface area (Å²) in [6, 6.07) is 0. The van der Waals surface area contributed by atoms with E-state index in [-0.39, 0.29) is 11.9 Å². The number of ketones is 1. The summed E-state index contributed by atoms with van der Waals surface area (Å²) in [7, 11) is 0. The molecule has 0 radical (unpaired) electrons. The summed E-state index contributed by atoms with van der Waals surface area (Å²) in [6.45, 7) is 1.44. The molecule has 0 bridgehead atoms. The maximum atomic E-state index is 11.7. The van der Waals surface area contributed by atoms with Crippen LogP contribution in [0.2, 0.25) is 0 Å². The molecule has 1 atom stereocenters. The van der Waals surface area contributed by atoms with Crippen LogP contribution >= 0.6 is 34.8 Å². The normalized spacial score (nSPS) is 13.4. The lowest BCUT2D eigenvalue weighted by molar-refractivity contribution is -0.478. The van der Waals surface area contributed by atoms with Crippen LogP contribution in [0.5, 0.6) is 0 Å². The molecule has 11 heteroatoms. The smallest absolute Gasteiger partial charge is 0.283 e. The molecule has 102 valence electrons. The fraction of sp³-hybridized carbons (Fsp3) is 0.833.